The lowest BCUT2D eigenvalue weighted by Gasteiger charge is -2.35. The molecule has 0 N–H and O–H groups in total. The van der Waals surface area contributed by atoms with Gasteiger partial charge in [0, 0.05) is 37.0 Å². The standard InChI is InChI=1S/C19H27N5O2/c1-12-8-6-7-11-23(12)19(26)15(4)24-17(25)10-9-16(21-24)18-13(2)20-22(5)14(18)3/h9-10,12,15H,6-8,11H2,1-5H3/t12-,15+/m0/s1. The van der Waals surface area contributed by atoms with Crippen LogP contribution < -0.4 is 5.56 Å². The molecular formula is C19H27N5O2. The number of piperidine rings is 1. The Morgan fingerprint density at radius 2 is 1.96 bits per heavy atom. The van der Waals surface area contributed by atoms with Crippen LogP contribution in [0.1, 0.15) is 50.5 Å². The fourth-order valence-electron chi connectivity index (χ4n) is 3.75. The van der Waals surface area contributed by atoms with Gasteiger partial charge < -0.3 is 4.90 Å². The largest absolute Gasteiger partial charge is 0.338 e. The summed E-state index contributed by atoms with van der Waals surface area (Å²) in [5.74, 6) is -0.0384. The zero-order chi connectivity index (χ0) is 19.0. The Bertz CT molecular complexity index is 883. The van der Waals surface area contributed by atoms with Crippen LogP contribution in [-0.2, 0) is 11.8 Å². The Morgan fingerprint density at radius 1 is 1.23 bits per heavy atom. The molecule has 1 fully saturated rings. The van der Waals surface area contributed by atoms with Gasteiger partial charge in [-0.05, 0) is 53.0 Å². The van der Waals surface area contributed by atoms with Gasteiger partial charge in [0.05, 0.1) is 11.4 Å². The van der Waals surface area contributed by atoms with Gasteiger partial charge in [0.15, 0.2) is 0 Å². The van der Waals surface area contributed by atoms with Crippen molar-refractivity contribution in [1.29, 1.82) is 0 Å². The zero-order valence-corrected chi connectivity index (χ0v) is 16.2. The number of aromatic nitrogens is 4. The molecule has 1 saturated heterocycles. The fourth-order valence-corrected chi connectivity index (χ4v) is 3.75. The van der Waals surface area contributed by atoms with Crippen molar-refractivity contribution >= 4 is 5.91 Å². The lowest BCUT2D eigenvalue weighted by Crippen LogP contribution is -2.46. The summed E-state index contributed by atoms with van der Waals surface area (Å²) >= 11 is 0. The SMILES string of the molecule is Cc1nn(C)c(C)c1-c1ccc(=O)n([C@H](C)C(=O)N2CCCC[C@@H]2C)n1. The summed E-state index contributed by atoms with van der Waals surface area (Å²) in [6.07, 6.45) is 3.17. The molecule has 0 saturated carbocycles. The van der Waals surface area contributed by atoms with E-state index in [1.54, 1.807) is 17.7 Å². The number of carbonyl (C=O) groups is 1. The van der Waals surface area contributed by atoms with Crippen molar-refractivity contribution in [2.24, 2.45) is 7.05 Å². The third-order valence-corrected chi connectivity index (χ3v) is 5.40. The van der Waals surface area contributed by atoms with E-state index in [1.807, 2.05) is 25.8 Å². The Labute approximate surface area is 153 Å². The van der Waals surface area contributed by atoms with Crippen LogP contribution in [0.3, 0.4) is 0 Å². The molecule has 0 spiro atoms. The van der Waals surface area contributed by atoms with Gasteiger partial charge in [-0.25, -0.2) is 4.68 Å². The van der Waals surface area contributed by atoms with Gasteiger partial charge in [0.25, 0.3) is 5.56 Å². The number of hydrogen-bond donors (Lipinski definition) is 0. The number of rotatable bonds is 3. The van der Waals surface area contributed by atoms with Crippen LogP contribution >= 0.6 is 0 Å². The molecule has 7 nitrogen and oxygen atoms in total. The third-order valence-electron chi connectivity index (χ3n) is 5.40. The molecule has 0 unspecified atom stereocenters. The Morgan fingerprint density at radius 3 is 2.58 bits per heavy atom. The van der Waals surface area contributed by atoms with E-state index in [4.69, 9.17) is 0 Å². The first-order valence-electron chi connectivity index (χ1n) is 9.22. The maximum atomic E-state index is 13.0. The molecule has 1 amide bonds. The van der Waals surface area contributed by atoms with Crippen LogP contribution in [0.5, 0.6) is 0 Å². The second-order valence-corrected chi connectivity index (χ2v) is 7.22. The number of carbonyl (C=O) groups excluding carboxylic acids is 1. The number of nitrogens with zero attached hydrogens (tertiary/aromatic N) is 5. The van der Waals surface area contributed by atoms with Gasteiger partial charge >= 0.3 is 0 Å². The molecule has 0 aromatic carbocycles. The smallest absolute Gasteiger partial charge is 0.267 e. The molecule has 0 radical (unpaired) electrons. The van der Waals surface area contributed by atoms with Gasteiger partial charge in [-0.15, -0.1) is 0 Å². The van der Waals surface area contributed by atoms with Crippen molar-refractivity contribution in [1.82, 2.24) is 24.5 Å². The monoisotopic (exact) mass is 357 g/mol. The Balaban J connectivity index is 1.97. The molecule has 2 aromatic rings. The minimum atomic E-state index is -0.625. The molecule has 26 heavy (non-hydrogen) atoms. The molecule has 7 heteroatoms. The molecule has 3 heterocycles. The first-order valence-corrected chi connectivity index (χ1v) is 9.22. The van der Waals surface area contributed by atoms with Crippen molar-refractivity contribution in [2.75, 3.05) is 6.54 Å². The van der Waals surface area contributed by atoms with Gasteiger partial charge in [0.2, 0.25) is 5.91 Å². The van der Waals surface area contributed by atoms with Crippen LogP contribution in [0.15, 0.2) is 16.9 Å². The quantitative estimate of drug-likeness (QED) is 0.844. The van der Waals surface area contributed by atoms with E-state index in [0.29, 0.717) is 5.69 Å². The van der Waals surface area contributed by atoms with Crippen LogP contribution in [0.4, 0.5) is 0 Å². The van der Waals surface area contributed by atoms with Crippen LogP contribution in [-0.4, -0.2) is 43.0 Å². The highest BCUT2D eigenvalue weighted by Crippen LogP contribution is 2.25. The van der Waals surface area contributed by atoms with E-state index >= 15 is 0 Å². The topological polar surface area (TPSA) is 73.0 Å². The highest BCUT2D eigenvalue weighted by atomic mass is 16.2. The molecule has 0 bridgehead atoms. The molecule has 2 aromatic heterocycles. The van der Waals surface area contributed by atoms with Crippen LogP contribution in [0.2, 0.25) is 0 Å². The zero-order valence-electron chi connectivity index (χ0n) is 16.2. The molecule has 1 aliphatic heterocycles. The number of hydrogen-bond acceptors (Lipinski definition) is 4. The van der Waals surface area contributed by atoms with Crippen molar-refractivity contribution < 1.29 is 4.79 Å². The third kappa shape index (κ3) is 3.18. The summed E-state index contributed by atoms with van der Waals surface area (Å²) in [7, 11) is 1.88. The number of amides is 1. The normalized spacial score (nSPS) is 18.8. The van der Waals surface area contributed by atoms with Gasteiger partial charge in [-0.3, -0.25) is 14.3 Å². The van der Waals surface area contributed by atoms with Gasteiger partial charge in [-0.1, -0.05) is 0 Å². The van der Waals surface area contributed by atoms with Crippen molar-refractivity contribution in [3.63, 3.8) is 0 Å². The predicted octanol–water partition coefficient (Wildman–Crippen LogP) is 2.22. The predicted molar refractivity (Wildman–Crippen MR) is 99.9 cm³/mol. The lowest BCUT2D eigenvalue weighted by atomic mass is 10.0. The van der Waals surface area contributed by atoms with E-state index in [0.717, 1.165) is 42.8 Å². The summed E-state index contributed by atoms with van der Waals surface area (Å²) in [6.45, 7) is 8.46. The van der Waals surface area contributed by atoms with Gasteiger partial charge in [0.1, 0.15) is 6.04 Å². The molecule has 140 valence electrons. The maximum absolute atomic E-state index is 13.0. The highest BCUT2D eigenvalue weighted by Gasteiger charge is 2.29. The van der Waals surface area contributed by atoms with E-state index < -0.39 is 6.04 Å². The number of likely N-dealkylation sites (tertiary alicyclic amines) is 1. The van der Waals surface area contributed by atoms with E-state index in [9.17, 15) is 9.59 Å². The summed E-state index contributed by atoms with van der Waals surface area (Å²) in [5.41, 5.74) is 3.14. The summed E-state index contributed by atoms with van der Waals surface area (Å²) < 4.78 is 3.11. The second-order valence-electron chi connectivity index (χ2n) is 7.22. The second kappa shape index (κ2) is 7.05. The fraction of sp³-hybridized carbons (Fsp3) is 0.579. The first-order chi connectivity index (χ1) is 12.3. The maximum Gasteiger partial charge on any atom is 0.267 e. The van der Waals surface area contributed by atoms with E-state index in [1.165, 1.54) is 10.7 Å². The average molecular weight is 357 g/mol. The molecule has 1 aliphatic rings. The molecule has 3 rings (SSSR count). The molecule has 2 atom stereocenters. The highest BCUT2D eigenvalue weighted by molar-refractivity contribution is 5.80. The molecule has 0 aliphatic carbocycles. The molecular weight excluding hydrogens is 330 g/mol. The first kappa shape index (κ1) is 18.4. The summed E-state index contributed by atoms with van der Waals surface area (Å²) in [4.78, 5) is 27.2. The minimum absolute atomic E-state index is 0.0384. The Hall–Kier alpha value is -2.44. The van der Waals surface area contributed by atoms with E-state index in [-0.39, 0.29) is 17.5 Å². The van der Waals surface area contributed by atoms with E-state index in [2.05, 4.69) is 17.1 Å². The summed E-state index contributed by atoms with van der Waals surface area (Å²) in [6, 6.07) is 2.77. The van der Waals surface area contributed by atoms with Crippen molar-refractivity contribution in [3.8, 4) is 11.3 Å². The summed E-state index contributed by atoms with van der Waals surface area (Å²) in [5, 5.41) is 8.94. The van der Waals surface area contributed by atoms with Crippen LogP contribution in [0, 0.1) is 13.8 Å². The lowest BCUT2D eigenvalue weighted by molar-refractivity contribution is -0.138. The number of aryl methyl sites for hydroxylation is 2. The van der Waals surface area contributed by atoms with Crippen molar-refractivity contribution in [2.45, 2.75) is 59.0 Å². The van der Waals surface area contributed by atoms with Gasteiger partial charge in [-0.2, -0.15) is 10.2 Å². The Kier molecular flexibility index (Phi) is 4.98. The average Bonchev–Trinajstić information content (AvgIpc) is 2.87. The van der Waals surface area contributed by atoms with Crippen molar-refractivity contribution in [3.05, 3.63) is 33.9 Å². The minimum Gasteiger partial charge on any atom is -0.338 e. The van der Waals surface area contributed by atoms with Crippen LogP contribution in [0.25, 0.3) is 11.3 Å².